The molecule has 0 radical (unpaired) electrons. The van der Waals surface area contributed by atoms with Gasteiger partial charge in [-0.1, -0.05) is 56.3 Å². The summed E-state index contributed by atoms with van der Waals surface area (Å²) in [5.74, 6) is -0.546. The summed E-state index contributed by atoms with van der Waals surface area (Å²) in [6.07, 6.45) is 0. The number of carbonyl (C=O) groups is 2. The largest absolute Gasteiger partial charge is 0.366 e. The molecule has 0 fully saturated rings. The van der Waals surface area contributed by atoms with E-state index in [1.807, 2.05) is 18.5 Å². The third-order valence-corrected chi connectivity index (χ3v) is 5.81. The fraction of sp³-hybridized carbons (Fsp3) is 0.231. The number of anilines is 1. The Morgan fingerprint density at radius 3 is 2.42 bits per heavy atom. The van der Waals surface area contributed by atoms with Gasteiger partial charge in [-0.25, -0.2) is 4.98 Å². The number of pyridine rings is 1. The van der Waals surface area contributed by atoms with Crippen molar-refractivity contribution in [2.45, 2.75) is 40.2 Å². The minimum atomic E-state index is -0.605. The van der Waals surface area contributed by atoms with Crippen molar-refractivity contribution in [3.63, 3.8) is 0 Å². The summed E-state index contributed by atoms with van der Waals surface area (Å²) in [6.45, 7) is 8.70. The zero-order valence-corrected chi connectivity index (χ0v) is 19.2. The van der Waals surface area contributed by atoms with Gasteiger partial charge in [0, 0.05) is 5.39 Å². The van der Waals surface area contributed by atoms with Gasteiger partial charge in [-0.3, -0.25) is 14.3 Å². The average molecular weight is 442 g/mol. The molecule has 4 aromatic rings. The SMILES string of the molecule is Cc1nn(Cc2ccc(C(C)C)cc2)c(C)c1NC(=O)c1cc(C(N)=O)c2ccccc2n1. The Bertz CT molecular complexity index is 1350. The number of nitrogens with one attached hydrogen (secondary N) is 1. The number of aromatic nitrogens is 3. The van der Waals surface area contributed by atoms with Crippen LogP contribution in [0.25, 0.3) is 10.9 Å². The average Bonchev–Trinajstić information content (AvgIpc) is 3.05. The second-order valence-electron chi connectivity index (χ2n) is 8.49. The number of carbonyl (C=O) groups excluding carboxylic acids is 2. The minimum Gasteiger partial charge on any atom is -0.366 e. The van der Waals surface area contributed by atoms with Crippen molar-refractivity contribution in [2.75, 3.05) is 5.32 Å². The molecule has 0 bridgehead atoms. The van der Waals surface area contributed by atoms with Crippen molar-refractivity contribution in [3.8, 4) is 0 Å². The molecule has 3 N–H and O–H groups in total. The number of nitrogens with zero attached hydrogens (tertiary/aromatic N) is 3. The predicted octanol–water partition coefficient (Wildman–Crippen LogP) is 4.57. The highest BCUT2D eigenvalue weighted by molar-refractivity contribution is 6.10. The van der Waals surface area contributed by atoms with Crippen LogP contribution in [-0.4, -0.2) is 26.6 Å². The molecule has 0 saturated carbocycles. The van der Waals surface area contributed by atoms with Crippen molar-refractivity contribution < 1.29 is 9.59 Å². The van der Waals surface area contributed by atoms with E-state index in [0.717, 1.165) is 11.3 Å². The van der Waals surface area contributed by atoms with Gasteiger partial charge in [0.15, 0.2) is 0 Å². The standard InChI is InChI=1S/C26H27N5O2/c1-15(2)19-11-9-18(10-12-19)14-31-17(4)24(16(3)30-31)29-26(33)23-13-21(25(27)32)20-7-5-6-8-22(20)28-23/h5-13,15H,14H2,1-4H3,(H2,27,32)(H,29,33). The van der Waals surface area contributed by atoms with Gasteiger partial charge in [-0.2, -0.15) is 5.10 Å². The summed E-state index contributed by atoms with van der Waals surface area (Å²) in [5.41, 5.74) is 11.1. The lowest BCUT2D eigenvalue weighted by Crippen LogP contribution is -2.18. The highest BCUT2D eigenvalue weighted by atomic mass is 16.2. The molecule has 2 heterocycles. The van der Waals surface area contributed by atoms with Crippen molar-refractivity contribution in [1.29, 1.82) is 0 Å². The maximum Gasteiger partial charge on any atom is 0.274 e. The predicted molar refractivity (Wildman–Crippen MR) is 130 cm³/mol. The van der Waals surface area contributed by atoms with Gasteiger partial charge < -0.3 is 11.1 Å². The molecule has 0 atom stereocenters. The molecule has 4 rings (SSSR count). The van der Waals surface area contributed by atoms with Crippen LogP contribution in [0, 0.1) is 13.8 Å². The first kappa shape index (κ1) is 22.2. The van der Waals surface area contributed by atoms with Crippen LogP contribution < -0.4 is 11.1 Å². The first-order valence-electron chi connectivity index (χ1n) is 10.9. The van der Waals surface area contributed by atoms with Gasteiger partial charge >= 0.3 is 0 Å². The molecule has 0 aliphatic rings. The molecule has 2 amide bonds. The molecule has 33 heavy (non-hydrogen) atoms. The molecule has 0 aliphatic heterocycles. The third-order valence-electron chi connectivity index (χ3n) is 5.81. The number of aryl methyl sites for hydroxylation is 1. The number of para-hydroxylation sites is 1. The fourth-order valence-corrected chi connectivity index (χ4v) is 3.89. The van der Waals surface area contributed by atoms with Crippen LogP contribution in [-0.2, 0) is 6.54 Å². The Labute approximate surface area is 192 Å². The van der Waals surface area contributed by atoms with E-state index >= 15 is 0 Å². The topological polar surface area (TPSA) is 103 Å². The van der Waals surface area contributed by atoms with E-state index in [1.165, 1.54) is 11.6 Å². The highest BCUT2D eigenvalue weighted by Crippen LogP contribution is 2.23. The Kier molecular flexibility index (Phi) is 5.96. The quantitative estimate of drug-likeness (QED) is 0.457. The number of rotatable bonds is 6. The van der Waals surface area contributed by atoms with Crippen LogP contribution in [0.1, 0.15) is 63.1 Å². The Morgan fingerprint density at radius 1 is 1.06 bits per heavy atom. The molecule has 7 heteroatoms. The Hall–Kier alpha value is -4.00. The minimum absolute atomic E-state index is 0.123. The Morgan fingerprint density at radius 2 is 1.76 bits per heavy atom. The van der Waals surface area contributed by atoms with Gasteiger partial charge in [-0.05, 0) is 43.0 Å². The van der Waals surface area contributed by atoms with E-state index in [2.05, 4.69) is 53.5 Å². The second-order valence-corrected chi connectivity index (χ2v) is 8.49. The van der Waals surface area contributed by atoms with Crippen LogP contribution in [0.4, 0.5) is 5.69 Å². The van der Waals surface area contributed by atoms with E-state index in [9.17, 15) is 9.59 Å². The van der Waals surface area contributed by atoms with Gasteiger partial charge in [0.2, 0.25) is 5.91 Å². The monoisotopic (exact) mass is 441 g/mol. The van der Waals surface area contributed by atoms with Crippen LogP contribution in [0.5, 0.6) is 0 Å². The molecule has 0 spiro atoms. The van der Waals surface area contributed by atoms with Crippen molar-refractivity contribution in [1.82, 2.24) is 14.8 Å². The van der Waals surface area contributed by atoms with Crippen molar-refractivity contribution in [3.05, 3.63) is 88.4 Å². The summed E-state index contributed by atoms with van der Waals surface area (Å²) in [4.78, 5) is 29.4. The van der Waals surface area contributed by atoms with Crippen LogP contribution in [0.2, 0.25) is 0 Å². The maximum absolute atomic E-state index is 13.0. The number of hydrogen-bond acceptors (Lipinski definition) is 4. The van der Waals surface area contributed by atoms with E-state index in [0.29, 0.717) is 34.7 Å². The first-order valence-corrected chi connectivity index (χ1v) is 10.9. The number of benzene rings is 2. The lowest BCUT2D eigenvalue weighted by Gasteiger charge is -2.10. The zero-order chi connectivity index (χ0) is 23.7. The van der Waals surface area contributed by atoms with Crippen LogP contribution >= 0.6 is 0 Å². The molecule has 0 saturated heterocycles. The second kappa shape index (κ2) is 8.86. The highest BCUT2D eigenvalue weighted by Gasteiger charge is 2.19. The Balaban J connectivity index is 1.60. The fourth-order valence-electron chi connectivity index (χ4n) is 3.89. The number of hydrogen-bond donors (Lipinski definition) is 2. The summed E-state index contributed by atoms with van der Waals surface area (Å²) in [7, 11) is 0. The van der Waals surface area contributed by atoms with Crippen LogP contribution in [0.15, 0.2) is 54.6 Å². The zero-order valence-electron chi connectivity index (χ0n) is 19.2. The van der Waals surface area contributed by atoms with E-state index < -0.39 is 11.8 Å². The number of amides is 2. The van der Waals surface area contributed by atoms with Gasteiger partial charge in [-0.15, -0.1) is 0 Å². The number of primary amides is 1. The molecular weight excluding hydrogens is 414 g/mol. The lowest BCUT2D eigenvalue weighted by atomic mass is 10.0. The van der Waals surface area contributed by atoms with Crippen LogP contribution in [0.3, 0.4) is 0 Å². The summed E-state index contributed by atoms with van der Waals surface area (Å²) >= 11 is 0. The molecule has 7 nitrogen and oxygen atoms in total. The lowest BCUT2D eigenvalue weighted by molar-refractivity contribution is 0.100. The van der Waals surface area contributed by atoms with Gasteiger partial charge in [0.1, 0.15) is 5.69 Å². The smallest absolute Gasteiger partial charge is 0.274 e. The van der Waals surface area contributed by atoms with Gasteiger partial charge in [0.25, 0.3) is 5.91 Å². The van der Waals surface area contributed by atoms with E-state index in [4.69, 9.17) is 5.73 Å². The molecule has 2 aromatic heterocycles. The molecule has 0 unspecified atom stereocenters. The van der Waals surface area contributed by atoms with E-state index in [1.54, 1.807) is 24.3 Å². The molecule has 0 aliphatic carbocycles. The third kappa shape index (κ3) is 4.48. The summed E-state index contributed by atoms with van der Waals surface area (Å²) in [5, 5.41) is 8.15. The number of fused-ring (bicyclic) bond motifs is 1. The molecule has 168 valence electrons. The normalized spacial score (nSPS) is 11.2. The summed E-state index contributed by atoms with van der Waals surface area (Å²) < 4.78 is 1.87. The van der Waals surface area contributed by atoms with Gasteiger partial charge in [0.05, 0.1) is 34.7 Å². The maximum atomic E-state index is 13.0. The van der Waals surface area contributed by atoms with Crippen molar-refractivity contribution in [2.24, 2.45) is 5.73 Å². The number of nitrogens with two attached hydrogens (primary N) is 1. The van der Waals surface area contributed by atoms with Crippen molar-refractivity contribution >= 4 is 28.4 Å². The summed E-state index contributed by atoms with van der Waals surface area (Å²) in [6, 6.07) is 17.0. The molecule has 2 aromatic carbocycles. The van der Waals surface area contributed by atoms with E-state index in [-0.39, 0.29) is 11.3 Å². The molecular formula is C26H27N5O2. The first-order chi connectivity index (χ1) is 15.7.